The van der Waals surface area contributed by atoms with E-state index in [1.807, 2.05) is 38.3 Å². The third-order valence-corrected chi connectivity index (χ3v) is 5.09. The molecule has 1 heterocycles. The van der Waals surface area contributed by atoms with E-state index in [1.54, 1.807) is 36.4 Å². The second-order valence-electron chi connectivity index (χ2n) is 6.55. The van der Waals surface area contributed by atoms with Crippen LogP contribution in [0.2, 0.25) is 0 Å². The molecule has 0 aliphatic rings. The van der Waals surface area contributed by atoms with Crippen LogP contribution in [0.1, 0.15) is 39.3 Å². The first kappa shape index (κ1) is 20.7. The predicted octanol–water partition coefficient (Wildman–Crippen LogP) is 4.58. The molecule has 0 bridgehead atoms. The van der Waals surface area contributed by atoms with Gasteiger partial charge in [0, 0.05) is 22.5 Å². The number of carbonyl (C=O) groups is 2. The fraction of sp³-hybridized carbons (Fsp3) is 0.217. The van der Waals surface area contributed by atoms with E-state index < -0.39 is 0 Å². The Kier molecular flexibility index (Phi) is 6.77. The van der Waals surface area contributed by atoms with E-state index in [2.05, 4.69) is 9.97 Å². The minimum absolute atomic E-state index is 0.0666. The molecule has 0 N–H and O–H groups in total. The zero-order valence-electron chi connectivity index (χ0n) is 16.6. The summed E-state index contributed by atoms with van der Waals surface area (Å²) in [7, 11) is 0. The van der Waals surface area contributed by atoms with Crippen molar-refractivity contribution in [1.29, 1.82) is 0 Å². The quantitative estimate of drug-likeness (QED) is 0.188. The van der Waals surface area contributed by atoms with Crippen LogP contribution in [-0.2, 0) is 11.2 Å². The SMILES string of the molecule is CSc1nc(C)c(CCC(=O)Oc2ccc(C(=O)c3ccccc3)cc2)c(C)n1. The third-order valence-electron chi connectivity index (χ3n) is 4.55. The van der Waals surface area contributed by atoms with Gasteiger partial charge in [-0.3, -0.25) is 9.59 Å². The van der Waals surface area contributed by atoms with Gasteiger partial charge in [0.1, 0.15) is 5.75 Å². The molecule has 5 nitrogen and oxygen atoms in total. The lowest BCUT2D eigenvalue weighted by molar-refractivity contribution is -0.134. The van der Waals surface area contributed by atoms with E-state index in [0.717, 1.165) is 22.1 Å². The van der Waals surface area contributed by atoms with Crippen molar-refractivity contribution in [3.63, 3.8) is 0 Å². The predicted molar refractivity (Wildman–Crippen MR) is 114 cm³/mol. The van der Waals surface area contributed by atoms with Crippen LogP contribution < -0.4 is 4.74 Å². The van der Waals surface area contributed by atoms with E-state index in [4.69, 9.17) is 4.74 Å². The number of hydrogen-bond acceptors (Lipinski definition) is 6. The molecule has 3 aromatic rings. The van der Waals surface area contributed by atoms with Crippen LogP contribution in [0.5, 0.6) is 5.75 Å². The van der Waals surface area contributed by atoms with E-state index >= 15 is 0 Å². The Morgan fingerprint density at radius 3 is 2.07 bits per heavy atom. The highest BCUT2D eigenvalue weighted by Crippen LogP contribution is 2.19. The van der Waals surface area contributed by atoms with Crippen molar-refractivity contribution in [1.82, 2.24) is 9.97 Å². The molecule has 0 aliphatic heterocycles. The fourth-order valence-electron chi connectivity index (χ4n) is 3.00. The molecule has 0 aliphatic carbocycles. The lowest BCUT2D eigenvalue weighted by atomic mass is 10.0. The Balaban J connectivity index is 1.59. The number of rotatable bonds is 7. The van der Waals surface area contributed by atoms with E-state index in [9.17, 15) is 9.59 Å². The van der Waals surface area contributed by atoms with Gasteiger partial charge in [-0.15, -0.1) is 0 Å². The Hall–Kier alpha value is -2.99. The van der Waals surface area contributed by atoms with E-state index in [-0.39, 0.29) is 18.2 Å². The Bertz CT molecular complexity index is 995. The van der Waals surface area contributed by atoms with Crippen molar-refractivity contribution >= 4 is 23.5 Å². The van der Waals surface area contributed by atoms with Crippen molar-refractivity contribution in [3.05, 3.63) is 82.7 Å². The average molecular weight is 407 g/mol. The van der Waals surface area contributed by atoms with E-state index in [1.165, 1.54) is 11.8 Å². The topological polar surface area (TPSA) is 69.2 Å². The summed E-state index contributed by atoms with van der Waals surface area (Å²) in [4.78, 5) is 33.5. The summed E-state index contributed by atoms with van der Waals surface area (Å²) in [5.41, 5.74) is 3.92. The summed E-state index contributed by atoms with van der Waals surface area (Å²) in [6.07, 6.45) is 2.69. The molecule has 0 unspecified atom stereocenters. The summed E-state index contributed by atoms with van der Waals surface area (Å²) in [5.74, 6) is 0.0185. The first-order chi connectivity index (χ1) is 14.0. The number of benzene rings is 2. The molecule has 0 saturated carbocycles. The highest BCUT2D eigenvalue weighted by atomic mass is 32.2. The van der Waals surface area contributed by atoms with Crippen LogP contribution in [-0.4, -0.2) is 28.0 Å². The molecule has 0 saturated heterocycles. The molecule has 2 aromatic carbocycles. The highest BCUT2D eigenvalue weighted by molar-refractivity contribution is 7.98. The maximum atomic E-state index is 12.4. The number of esters is 1. The summed E-state index contributed by atoms with van der Waals surface area (Å²) in [5, 5.41) is 0.733. The van der Waals surface area contributed by atoms with E-state index in [0.29, 0.717) is 23.3 Å². The fourth-order valence-corrected chi connectivity index (χ4v) is 3.46. The lowest BCUT2D eigenvalue weighted by Gasteiger charge is -2.10. The number of aryl methyl sites for hydroxylation is 2. The summed E-state index contributed by atoms with van der Waals surface area (Å²) in [6, 6.07) is 15.7. The van der Waals surface area contributed by atoms with Gasteiger partial charge in [0.25, 0.3) is 0 Å². The summed E-state index contributed by atoms with van der Waals surface area (Å²) < 4.78 is 5.41. The molecule has 148 valence electrons. The highest BCUT2D eigenvalue weighted by Gasteiger charge is 2.13. The van der Waals surface area contributed by atoms with Crippen LogP contribution in [0.3, 0.4) is 0 Å². The minimum Gasteiger partial charge on any atom is -0.427 e. The first-order valence-electron chi connectivity index (χ1n) is 9.26. The monoisotopic (exact) mass is 406 g/mol. The largest absolute Gasteiger partial charge is 0.427 e. The van der Waals surface area contributed by atoms with Crippen molar-refractivity contribution < 1.29 is 14.3 Å². The zero-order chi connectivity index (χ0) is 20.8. The van der Waals surface area contributed by atoms with Crippen LogP contribution in [0, 0.1) is 13.8 Å². The number of aromatic nitrogens is 2. The molecule has 0 fully saturated rings. The summed E-state index contributed by atoms with van der Waals surface area (Å²) >= 11 is 1.50. The maximum absolute atomic E-state index is 12.4. The van der Waals surface area contributed by atoms with Gasteiger partial charge in [-0.05, 0) is 56.4 Å². The van der Waals surface area contributed by atoms with Crippen LogP contribution >= 0.6 is 11.8 Å². The second kappa shape index (κ2) is 9.47. The number of nitrogens with zero attached hydrogens (tertiary/aromatic N) is 2. The van der Waals surface area contributed by atoms with Crippen molar-refractivity contribution in [2.45, 2.75) is 31.8 Å². The molecule has 0 amide bonds. The van der Waals surface area contributed by atoms with Crippen molar-refractivity contribution in [2.24, 2.45) is 0 Å². The van der Waals surface area contributed by atoms with Crippen LogP contribution in [0.4, 0.5) is 0 Å². The van der Waals surface area contributed by atoms with Gasteiger partial charge in [0.15, 0.2) is 10.9 Å². The molecule has 6 heteroatoms. The first-order valence-corrected chi connectivity index (χ1v) is 10.5. The molecular weight excluding hydrogens is 384 g/mol. The third kappa shape index (κ3) is 5.29. The molecule has 3 rings (SSSR count). The standard InChI is InChI=1S/C23H22N2O3S/c1-15-20(16(2)25-23(24-15)29-3)13-14-21(26)28-19-11-9-18(10-12-19)22(27)17-7-5-4-6-8-17/h4-12H,13-14H2,1-3H3. The van der Waals surface area contributed by atoms with Gasteiger partial charge in [0.05, 0.1) is 6.42 Å². The summed E-state index contributed by atoms with van der Waals surface area (Å²) in [6.45, 7) is 3.86. The molecule has 0 radical (unpaired) electrons. The molecule has 1 aromatic heterocycles. The number of ether oxygens (including phenoxy) is 1. The Morgan fingerprint density at radius 1 is 0.897 bits per heavy atom. The smallest absolute Gasteiger partial charge is 0.311 e. The molecule has 29 heavy (non-hydrogen) atoms. The number of thioether (sulfide) groups is 1. The molecule has 0 atom stereocenters. The van der Waals surface area contributed by atoms with Gasteiger partial charge >= 0.3 is 5.97 Å². The van der Waals surface area contributed by atoms with Gasteiger partial charge in [-0.2, -0.15) is 0 Å². The Morgan fingerprint density at radius 2 is 1.48 bits per heavy atom. The molecule has 0 spiro atoms. The lowest BCUT2D eigenvalue weighted by Crippen LogP contribution is -2.11. The minimum atomic E-state index is -0.333. The van der Waals surface area contributed by atoms with Gasteiger partial charge in [0.2, 0.25) is 0 Å². The second-order valence-corrected chi connectivity index (χ2v) is 7.33. The maximum Gasteiger partial charge on any atom is 0.311 e. The zero-order valence-corrected chi connectivity index (χ0v) is 17.5. The van der Waals surface area contributed by atoms with Gasteiger partial charge in [-0.25, -0.2) is 9.97 Å². The number of carbonyl (C=O) groups excluding carboxylic acids is 2. The molecular formula is C23H22N2O3S. The number of ketones is 1. The van der Waals surface area contributed by atoms with Crippen LogP contribution in [0.25, 0.3) is 0 Å². The van der Waals surface area contributed by atoms with Gasteiger partial charge in [-0.1, -0.05) is 42.1 Å². The van der Waals surface area contributed by atoms with Crippen molar-refractivity contribution in [3.8, 4) is 5.75 Å². The van der Waals surface area contributed by atoms with Gasteiger partial charge < -0.3 is 4.74 Å². The van der Waals surface area contributed by atoms with Crippen molar-refractivity contribution in [2.75, 3.05) is 6.26 Å². The average Bonchev–Trinajstić information content (AvgIpc) is 2.73. The van der Waals surface area contributed by atoms with Crippen LogP contribution in [0.15, 0.2) is 59.8 Å². The Labute approximate surface area is 174 Å². The number of hydrogen-bond donors (Lipinski definition) is 0. The normalized spacial score (nSPS) is 10.6.